The third-order valence-electron chi connectivity index (χ3n) is 3.41. The molecule has 21 heavy (non-hydrogen) atoms. The summed E-state index contributed by atoms with van der Waals surface area (Å²) in [5.41, 5.74) is 1.31. The number of thioether (sulfide) groups is 1. The molecule has 0 radical (unpaired) electrons. The fourth-order valence-corrected chi connectivity index (χ4v) is 3.29. The second kappa shape index (κ2) is 8.41. The Morgan fingerprint density at radius 1 is 1.24 bits per heavy atom. The van der Waals surface area contributed by atoms with E-state index >= 15 is 0 Å². The molecule has 0 amide bonds. The minimum Gasteiger partial charge on any atom is -0.339 e. The van der Waals surface area contributed by atoms with Crippen molar-refractivity contribution >= 4 is 24.2 Å². The number of nitrogens with one attached hydrogen (secondary N) is 1. The number of hydrogen-bond donors (Lipinski definition) is 1. The first-order valence-corrected chi connectivity index (χ1v) is 8.22. The van der Waals surface area contributed by atoms with Gasteiger partial charge in [0, 0.05) is 36.9 Å². The third-order valence-corrected chi connectivity index (χ3v) is 4.54. The first-order valence-electron chi connectivity index (χ1n) is 7.06. The zero-order chi connectivity index (χ0) is 13.6. The van der Waals surface area contributed by atoms with E-state index < -0.39 is 0 Å². The standard InChI is InChI=1S/C15H19N3OS.ClH/c1-2-4-12(5-3-1)6-7-14-17-15(19-18-14)10-13-11-20-9-8-16-13;/h1-5,13,16H,6-11H2;1H. The van der Waals surface area contributed by atoms with Crippen molar-refractivity contribution in [1.29, 1.82) is 0 Å². The second-order valence-corrected chi connectivity index (χ2v) is 6.17. The summed E-state index contributed by atoms with van der Waals surface area (Å²) in [5, 5.41) is 7.56. The molecule has 114 valence electrons. The molecular formula is C15H20ClN3OS. The van der Waals surface area contributed by atoms with Crippen LogP contribution in [0.5, 0.6) is 0 Å². The van der Waals surface area contributed by atoms with Gasteiger partial charge in [0.15, 0.2) is 5.82 Å². The number of aryl methyl sites for hydroxylation is 2. The number of halogens is 1. The molecule has 0 bridgehead atoms. The molecule has 2 aromatic rings. The highest BCUT2D eigenvalue weighted by atomic mass is 35.5. The molecule has 1 atom stereocenters. The van der Waals surface area contributed by atoms with Crippen molar-refractivity contribution in [3.63, 3.8) is 0 Å². The van der Waals surface area contributed by atoms with Gasteiger partial charge in [-0.2, -0.15) is 16.7 Å². The van der Waals surface area contributed by atoms with Crippen molar-refractivity contribution in [1.82, 2.24) is 15.5 Å². The Morgan fingerprint density at radius 2 is 2.10 bits per heavy atom. The lowest BCUT2D eigenvalue weighted by atomic mass is 10.1. The maximum atomic E-state index is 5.35. The Labute approximate surface area is 135 Å². The first-order chi connectivity index (χ1) is 9.90. The minimum absolute atomic E-state index is 0. The molecule has 2 heterocycles. The zero-order valence-electron chi connectivity index (χ0n) is 11.8. The summed E-state index contributed by atoms with van der Waals surface area (Å²) in [6.07, 6.45) is 2.63. The Balaban J connectivity index is 0.00000161. The highest BCUT2D eigenvalue weighted by Gasteiger charge is 2.17. The van der Waals surface area contributed by atoms with Crippen molar-refractivity contribution in [2.45, 2.75) is 25.3 Å². The van der Waals surface area contributed by atoms with Crippen LogP contribution in [0.15, 0.2) is 34.9 Å². The SMILES string of the molecule is Cl.c1ccc(CCc2noc(CC3CSCCN3)n2)cc1. The predicted molar refractivity (Wildman–Crippen MR) is 88.2 cm³/mol. The Bertz CT molecular complexity index is 529. The number of rotatable bonds is 5. The lowest BCUT2D eigenvalue weighted by Gasteiger charge is -2.21. The van der Waals surface area contributed by atoms with Gasteiger partial charge in [0.1, 0.15) is 0 Å². The van der Waals surface area contributed by atoms with Gasteiger partial charge in [0.2, 0.25) is 5.89 Å². The van der Waals surface area contributed by atoms with E-state index in [1.165, 1.54) is 11.3 Å². The Hall–Kier alpha value is -1.04. The zero-order valence-corrected chi connectivity index (χ0v) is 13.5. The fraction of sp³-hybridized carbons (Fsp3) is 0.467. The molecule has 1 N–H and O–H groups in total. The van der Waals surface area contributed by atoms with Crippen LogP contribution in [-0.2, 0) is 19.3 Å². The van der Waals surface area contributed by atoms with Crippen molar-refractivity contribution in [3.8, 4) is 0 Å². The van der Waals surface area contributed by atoms with Gasteiger partial charge in [-0.05, 0) is 12.0 Å². The summed E-state index contributed by atoms with van der Waals surface area (Å²) in [4.78, 5) is 4.49. The van der Waals surface area contributed by atoms with E-state index in [4.69, 9.17) is 4.52 Å². The number of nitrogens with zero attached hydrogens (tertiary/aromatic N) is 2. The van der Waals surface area contributed by atoms with E-state index in [2.05, 4.69) is 39.7 Å². The average molecular weight is 326 g/mol. The molecule has 1 aromatic carbocycles. The van der Waals surface area contributed by atoms with E-state index in [1.807, 2.05) is 17.8 Å². The van der Waals surface area contributed by atoms with Crippen LogP contribution in [0.25, 0.3) is 0 Å². The van der Waals surface area contributed by atoms with Gasteiger partial charge in [-0.15, -0.1) is 12.4 Å². The number of benzene rings is 1. The monoisotopic (exact) mass is 325 g/mol. The highest BCUT2D eigenvalue weighted by Crippen LogP contribution is 2.12. The lowest BCUT2D eigenvalue weighted by Crippen LogP contribution is -2.38. The molecule has 1 saturated heterocycles. The van der Waals surface area contributed by atoms with Crippen LogP contribution < -0.4 is 5.32 Å². The Kier molecular flexibility index (Phi) is 6.54. The van der Waals surface area contributed by atoms with Gasteiger partial charge in [0.05, 0.1) is 0 Å². The van der Waals surface area contributed by atoms with Crippen LogP contribution in [-0.4, -0.2) is 34.2 Å². The van der Waals surface area contributed by atoms with Crippen LogP contribution in [0.3, 0.4) is 0 Å². The topological polar surface area (TPSA) is 51.0 Å². The van der Waals surface area contributed by atoms with E-state index in [0.29, 0.717) is 6.04 Å². The molecule has 0 aliphatic carbocycles. The number of hydrogen-bond acceptors (Lipinski definition) is 5. The molecule has 4 nitrogen and oxygen atoms in total. The fourth-order valence-electron chi connectivity index (χ4n) is 2.34. The van der Waals surface area contributed by atoms with Crippen LogP contribution in [0, 0.1) is 0 Å². The summed E-state index contributed by atoms with van der Waals surface area (Å²) < 4.78 is 5.35. The Morgan fingerprint density at radius 3 is 2.86 bits per heavy atom. The summed E-state index contributed by atoms with van der Waals surface area (Å²) in [5.74, 6) is 3.89. The lowest BCUT2D eigenvalue weighted by molar-refractivity contribution is 0.358. The number of aromatic nitrogens is 2. The van der Waals surface area contributed by atoms with Crippen LogP contribution in [0.4, 0.5) is 0 Å². The molecule has 1 aromatic heterocycles. The van der Waals surface area contributed by atoms with Crippen molar-refractivity contribution in [3.05, 3.63) is 47.6 Å². The summed E-state index contributed by atoms with van der Waals surface area (Å²) in [6.45, 7) is 1.07. The normalized spacial score (nSPS) is 18.2. The van der Waals surface area contributed by atoms with Gasteiger partial charge in [-0.25, -0.2) is 0 Å². The molecule has 0 saturated carbocycles. The largest absolute Gasteiger partial charge is 0.339 e. The molecule has 1 fully saturated rings. The van der Waals surface area contributed by atoms with Crippen molar-refractivity contribution in [2.24, 2.45) is 0 Å². The molecule has 1 aliphatic heterocycles. The van der Waals surface area contributed by atoms with E-state index in [1.54, 1.807) is 0 Å². The third kappa shape index (κ3) is 5.02. The highest BCUT2D eigenvalue weighted by molar-refractivity contribution is 7.99. The smallest absolute Gasteiger partial charge is 0.228 e. The summed E-state index contributed by atoms with van der Waals surface area (Å²) in [6, 6.07) is 10.9. The summed E-state index contributed by atoms with van der Waals surface area (Å²) in [7, 11) is 0. The van der Waals surface area contributed by atoms with Gasteiger partial charge < -0.3 is 9.84 Å². The van der Waals surface area contributed by atoms with Crippen molar-refractivity contribution < 1.29 is 4.52 Å². The van der Waals surface area contributed by atoms with Crippen LogP contribution >= 0.6 is 24.2 Å². The van der Waals surface area contributed by atoms with Gasteiger partial charge in [-0.1, -0.05) is 35.5 Å². The molecule has 6 heteroatoms. The minimum atomic E-state index is 0. The second-order valence-electron chi connectivity index (χ2n) is 5.02. The van der Waals surface area contributed by atoms with Gasteiger partial charge >= 0.3 is 0 Å². The van der Waals surface area contributed by atoms with Crippen LogP contribution in [0.1, 0.15) is 17.3 Å². The maximum Gasteiger partial charge on any atom is 0.228 e. The van der Waals surface area contributed by atoms with Crippen LogP contribution in [0.2, 0.25) is 0 Å². The molecule has 1 unspecified atom stereocenters. The summed E-state index contributed by atoms with van der Waals surface area (Å²) >= 11 is 1.98. The van der Waals surface area contributed by atoms with E-state index in [0.717, 1.165) is 43.3 Å². The van der Waals surface area contributed by atoms with Crippen molar-refractivity contribution in [2.75, 3.05) is 18.1 Å². The van der Waals surface area contributed by atoms with E-state index in [9.17, 15) is 0 Å². The van der Waals surface area contributed by atoms with Gasteiger partial charge in [0.25, 0.3) is 0 Å². The molecule has 1 aliphatic rings. The molecule has 3 rings (SSSR count). The molecule has 0 spiro atoms. The quantitative estimate of drug-likeness (QED) is 0.915. The van der Waals surface area contributed by atoms with Gasteiger partial charge in [-0.3, -0.25) is 0 Å². The van der Waals surface area contributed by atoms with E-state index in [-0.39, 0.29) is 12.4 Å². The average Bonchev–Trinajstić information content (AvgIpc) is 2.95. The predicted octanol–water partition coefficient (Wildman–Crippen LogP) is 2.52. The maximum absolute atomic E-state index is 5.35. The first kappa shape index (κ1) is 16.3. The molecular weight excluding hydrogens is 306 g/mol.